The largest absolute Gasteiger partial charge is 0.378 e. The van der Waals surface area contributed by atoms with E-state index in [0.717, 1.165) is 26.3 Å². The molecule has 0 aliphatic carbocycles. The number of aliphatic imine (C=N–C) groups is 1. The summed E-state index contributed by atoms with van der Waals surface area (Å²) in [5, 5.41) is 0. The lowest BCUT2D eigenvalue weighted by atomic mass is 10.2. The number of ether oxygens (including phenoxy) is 1. The fraction of sp³-hybridized carbons (Fsp3) is 0.533. The van der Waals surface area contributed by atoms with Gasteiger partial charge in [-0.15, -0.1) is 24.0 Å². The predicted molar refractivity (Wildman–Crippen MR) is 98.6 cm³/mol. The number of guanidine groups is 1. The zero-order valence-electron chi connectivity index (χ0n) is 12.7. The molecule has 1 aromatic rings. The number of likely N-dealkylation sites (N-methyl/N-ethyl adjacent to an activating group) is 1. The van der Waals surface area contributed by atoms with Crippen molar-refractivity contribution >= 4 is 35.6 Å². The average Bonchev–Trinajstić information content (AvgIpc) is 2.53. The Hall–Kier alpha value is -1.02. The van der Waals surface area contributed by atoms with Gasteiger partial charge < -0.3 is 20.3 Å². The van der Waals surface area contributed by atoms with E-state index >= 15 is 0 Å². The highest BCUT2D eigenvalue weighted by atomic mass is 127. The molecule has 0 amide bonds. The van der Waals surface area contributed by atoms with Crippen molar-refractivity contribution in [2.75, 3.05) is 44.8 Å². The van der Waals surface area contributed by atoms with Gasteiger partial charge in [-0.1, -0.05) is 18.2 Å². The number of nitrogens with zero attached hydrogens (tertiary/aromatic N) is 3. The molecule has 0 bridgehead atoms. The monoisotopic (exact) mass is 404 g/mol. The van der Waals surface area contributed by atoms with Crippen molar-refractivity contribution in [3.05, 3.63) is 30.3 Å². The second-order valence-electron chi connectivity index (χ2n) is 5.09. The lowest BCUT2D eigenvalue weighted by molar-refractivity contribution is 0.0674. The molecule has 0 saturated carbocycles. The van der Waals surface area contributed by atoms with Crippen LogP contribution in [0.25, 0.3) is 0 Å². The Labute approximate surface area is 144 Å². The smallest absolute Gasteiger partial charge is 0.191 e. The molecule has 2 N–H and O–H groups in total. The topological polar surface area (TPSA) is 54.1 Å². The van der Waals surface area contributed by atoms with Crippen LogP contribution in [0.5, 0.6) is 0 Å². The molecule has 118 valence electrons. The van der Waals surface area contributed by atoms with E-state index < -0.39 is 0 Å². The van der Waals surface area contributed by atoms with Crippen molar-refractivity contribution in [2.24, 2.45) is 10.7 Å². The van der Waals surface area contributed by atoms with Crippen LogP contribution in [0.4, 0.5) is 5.69 Å². The second-order valence-corrected chi connectivity index (χ2v) is 5.09. The fourth-order valence-electron chi connectivity index (χ4n) is 2.16. The fourth-order valence-corrected chi connectivity index (χ4v) is 2.16. The third kappa shape index (κ3) is 5.35. The number of rotatable bonds is 4. The first-order chi connectivity index (χ1) is 9.68. The minimum absolute atomic E-state index is 0. The van der Waals surface area contributed by atoms with Gasteiger partial charge in [0.2, 0.25) is 0 Å². The van der Waals surface area contributed by atoms with Crippen molar-refractivity contribution in [1.82, 2.24) is 4.90 Å². The van der Waals surface area contributed by atoms with Gasteiger partial charge in [-0.05, 0) is 19.1 Å². The first-order valence-corrected chi connectivity index (χ1v) is 7.09. The number of para-hydroxylation sites is 1. The van der Waals surface area contributed by atoms with E-state index in [0.29, 0.717) is 18.5 Å². The van der Waals surface area contributed by atoms with Gasteiger partial charge in [0.1, 0.15) is 0 Å². The van der Waals surface area contributed by atoms with Crippen LogP contribution in [0, 0.1) is 0 Å². The van der Waals surface area contributed by atoms with Gasteiger partial charge >= 0.3 is 0 Å². The molecule has 2 rings (SSSR count). The molecular formula is C15H25IN4O. The Morgan fingerprint density at radius 3 is 2.57 bits per heavy atom. The molecular weight excluding hydrogens is 379 g/mol. The average molecular weight is 404 g/mol. The van der Waals surface area contributed by atoms with Crippen molar-refractivity contribution in [1.29, 1.82) is 0 Å². The highest BCUT2D eigenvalue weighted by molar-refractivity contribution is 14.0. The van der Waals surface area contributed by atoms with Crippen LogP contribution in [0.1, 0.15) is 6.92 Å². The molecule has 1 fully saturated rings. The number of halogens is 1. The number of anilines is 1. The SMILES string of the molecule is CC(CN=C(N)N1CCOCC1)N(C)c1ccccc1.I. The van der Waals surface area contributed by atoms with Gasteiger partial charge in [-0.25, -0.2) is 0 Å². The van der Waals surface area contributed by atoms with E-state index in [2.05, 4.69) is 40.9 Å². The van der Waals surface area contributed by atoms with Crippen molar-refractivity contribution in [3.8, 4) is 0 Å². The van der Waals surface area contributed by atoms with Crippen molar-refractivity contribution in [2.45, 2.75) is 13.0 Å². The lowest BCUT2D eigenvalue weighted by Gasteiger charge is -2.29. The van der Waals surface area contributed by atoms with Gasteiger partial charge in [0.15, 0.2) is 5.96 Å². The minimum atomic E-state index is 0. The van der Waals surface area contributed by atoms with Gasteiger partial charge in [0.25, 0.3) is 0 Å². The molecule has 5 nitrogen and oxygen atoms in total. The molecule has 1 aromatic carbocycles. The normalized spacial score (nSPS) is 17.0. The van der Waals surface area contributed by atoms with Crippen LogP contribution >= 0.6 is 24.0 Å². The van der Waals surface area contributed by atoms with Crippen LogP contribution in [0.2, 0.25) is 0 Å². The summed E-state index contributed by atoms with van der Waals surface area (Å²) in [6, 6.07) is 10.6. The van der Waals surface area contributed by atoms with E-state index in [4.69, 9.17) is 10.5 Å². The van der Waals surface area contributed by atoms with E-state index in [1.54, 1.807) is 0 Å². The maximum absolute atomic E-state index is 6.04. The van der Waals surface area contributed by atoms with Gasteiger partial charge in [0.05, 0.1) is 19.8 Å². The van der Waals surface area contributed by atoms with Gasteiger partial charge in [0, 0.05) is 31.9 Å². The highest BCUT2D eigenvalue weighted by Crippen LogP contribution is 2.14. The number of benzene rings is 1. The maximum Gasteiger partial charge on any atom is 0.191 e. The third-order valence-corrected chi connectivity index (χ3v) is 3.68. The third-order valence-electron chi connectivity index (χ3n) is 3.68. The number of morpholine rings is 1. The zero-order valence-corrected chi connectivity index (χ0v) is 15.1. The van der Waals surface area contributed by atoms with Gasteiger partial charge in [-0.2, -0.15) is 0 Å². The number of hydrogen-bond acceptors (Lipinski definition) is 3. The first-order valence-electron chi connectivity index (χ1n) is 7.09. The van der Waals surface area contributed by atoms with Crippen LogP contribution in [0.3, 0.4) is 0 Å². The molecule has 0 spiro atoms. The Balaban J connectivity index is 0.00000220. The summed E-state index contributed by atoms with van der Waals surface area (Å²) >= 11 is 0. The Morgan fingerprint density at radius 1 is 1.33 bits per heavy atom. The molecule has 1 heterocycles. The van der Waals surface area contributed by atoms with Crippen LogP contribution in [-0.4, -0.2) is 56.8 Å². The molecule has 1 aliphatic heterocycles. The summed E-state index contributed by atoms with van der Waals surface area (Å²) in [4.78, 5) is 8.82. The highest BCUT2D eigenvalue weighted by Gasteiger charge is 2.13. The molecule has 1 unspecified atom stereocenters. The van der Waals surface area contributed by atoms with Crippen molar-refractivity contribution in [3.63, 3.8) is 0 Å². The molecule has 0 aromatic heterocycles. The molecule has 21 heavy (non-hydrogen) atoms. The summed E-state index contributed by atoms with van der Waals surface area (Å²) in [6.45, 7) is 5.97. The Morgan fingerprint density at radius 2 is 1.95 bits per heavy atom. The number of nitrogens with two attached hydrogens (primary N) is 1. The molecule has 1 aliphatic rings. The van der Waals surface area contributed by atoms with E-state index in [1.165, 1.54) is 5.69 Å². The van der Waals surface area contributed by atoms with Crippen LogP contribution < -0.4 is 10.6 Å². The lowest BCUT2D eigenvalue weighted by Crippen LogP contribution is -2.45. The quantitative estimate of drug-likeness (QED) is 0.472. The van der Waals surface area contributed by atoms with E-state index in [-0.39, 0.29) is 24.0 Å². The molecule has 1 atom stereocenters. The number of hydrogen-bond donors (Lipinski definition) is 1. The summed E-state index contributed by atoms with van der Waals surface area (Å²) in [6.07, 6.45) is 0. The van der Waals surface area contributed by atoms with Gasteiger partial charge in [-0.3, -0.25) is 4.99 Å². The first kappa shape index (κ1) is 18.0. The van der Waals surface area contributed by atoms with Crippen molar-refractivity contribution < 1.29 is 4.74 Å². The Kier molecular flexibility index (Phi) is 7.81. The van der Waals surface area contributed by atoms with Crippen LogP contribution in [0.15, 0.2) is 35.3 Å². The summed E-state index contributed by atoms with van der Waals surface area (Å²) in [7, 11) is 2.08. The second kappa shape index (κ2) is 9.09. The minimum Gasteiger partial charge on any atom is -0.378 e. The predicted octanol–water partition coefficient (Wildman–Crippen LogP) is 1.78. The molecule has 0 radical (unpaired) electrons. The van der Waals surface area contributed by atoms with E-state index in [9.17, 15) is 0 Å². The summed E-state index contributed by atoms with van der Waals surface area (Å²) in [5.41, 5.74) is 7.23. The summed E-state index contributed by atoms with van der Waals surface area (Å²) < 4.78 is 5.31. The molecule has 1 saturated heterocycles. The molecule has 6 heteroatoms. The zero-order chi connectivity index (χ0) is 14.4. The standard InChI is InChI=1S/C15H24N4O.HI/c1-13(18(2)14-6-4-3-5-7-14)12-17-15(16)19-8-10-20-11-9-19;/h3-7,13H,8-12H2,1-2H3,(H2,16,17);1H. The Bertz CT molecular complexity index is 435. The maximum atomic E-state index is 6.04. The van der Waals surface area contributed by atoms with Crippen LogP contribution in [-0.2, 0) is 4.74 Å². The van der Waals surface area contributed by atoms with E-state index in [1.807, 2.05) is 18.2 Å². The summed E-state index contributed by atoms with van der Waals surface area (Å²) in [5.74, 6) is 0.626.